The van der Waals surface area contributed by atoms with Gasteiger partial charge in [-0.1, -0.05) is 12.2 Å². The fraction of sp³-hybridized carbons (Fsp3) is 0.429. The maximum Gasteiger partial charge on any atom is 0.132 e. The number of nitrogen functional groups attached to an aromatic ring is 1. The first kappa shape index (κ1) is 8.99. The smallest absolute Gasteiger partial charge is 0.132 e. The van der Waals surface area contributed by atoms with Crippen molar-refractivity contribution in [3.8, 4) is 0 Å². The summed E-state index contributed by atoms with van der Waals surface area (Å²) in [7, 11) is 0. The minimum atomic E-state index is 0.310. The lowest BCUT2D eigenvalue weighted by atomic mass is 10.2. The fourth-order valence-corrected chi connectivity index (χ4v) is 1.40. The second-order valence-corrected chi connectivity index (χ2v) is 2.97. The highest BCUT2D eigenvalue weighted by Crippen LogP contribution is 2.15. The van der Waals surface area contributed by atoms with E-state index in [2.05, 4.69) is 5.10 Å². The number of nitrogens with zero attached hydrogens (tertiary/aromatic N) is 2. The van der Waals surface area contributed by atoms with Crippen LogP contribution in [0.1, 0.15) is 18.2 Å². The highest BCUT2D eigenvalue weighted by molar-refractivity contribution is 7.80. The van der Waals surface area contributed by atoms with Crippen molar-refractivity contribution in [3.05, 3.63) is 11.3 Å². The van der Waals surface area contributed by atoms with Gasteiger partial charge < -0.3 is 11.5 Å². The lowest BCUT2D eigenvalue weighted by Crippen LogP contribution is -2.13. The molecule has 12 heavy (non-hydrogen) atoms. The number of rotatable bonds is 2. The Bertz CT molecular complexity index is 315. The Morgan fingerprint density at radius 1 is 1.67 bits per heavy atom. The molecule has 0 aliphatic rings. The van der Waals surface area contributed by atoms with E-state index in [1.807, 2.05) is 13.8 Å². The molecule has 4 N–H and O–H groups in total. The lowest BCUT2D eigenvalue weighted by Gasteiger charge is -1.99. The third kappa shape index (κ3) is 1.27. The van der Waals surface area contributed by atoms with Gasteiger partial charge in [0.05, 0.1) is 11.3 Å². The van der Waals surface area contributed by atoms with Crippen LogP contribution < -0.4 is 11.5 Å². The minimum absolute atomic E-state index is 0.310. The Morgan fingerprint density at radius 2 is 2.25 bits per heavy atom. The van der Waals surface area contributed by atoms with Crippen molar-refractivity contribution in [1.82, 2.24) is 9.78 Å². The summed E-state index contributed by atoms with van der Waals surface area (Å²) in [4.78, 5) is 0.310. The second kappa shape index (κ2) is 3.10. The van der Waals surface area contributed by atoms with Crippen LogP contribution in [-0.2, 0) is 6.54 Å². The Balaban J connectivity index is 3.28. The second-order valence-electron chi connectivity index (χ2n) is 2.53. The van der Waals surface area contributed by atoms with Crippen LogP contribution in [0.25, 0.3) is 0 Å². The molecule has 0 aromatic carbocycles. The van der Waals surface area contributed by atoms with Crippen molar-refractivity contribution in [2.45, 2.75) is 20.4 Å². The summed E-state index contributed by atoms with van der Waals surface area (Å²) in [6.45, 7) is 4.54. The van der Waals surface area contributed by atoms with Gasteiger partial charge in [0.25, 0.3) is 0 Å². The number of aryl methyl sites for hydroxylation is 2. The third-order valence-corrected chi connectivity index (χ3v) is 1.92. The predicted octanol–water partition coefficient (Wildman–Crippen LogP) is 0.428. The zero-order valence-corrected chi connectivity index (χ0v) is 7.98. The molecule has 0 aliphatic heterocycles. The maximum absolute atomic E-state index is 5.75. The van der Waals surface area contributed by atoms with E-state index in [1.54, 1.807) is 4.68 Å². The van der Waals surface area contributed by atoms with E-state index in [4.69, 9.17) is 23.7 Å². The van der Waals surface area contributed by atoms with E-state index in [-0.39, 0.29) is 0 Å². The van der Waals surface area contributed by atoms with Gasteiger partial charge in [-0.15, -0.1) is 0 Å². The molecule has 0 saturated carbocycles. The molecule has 0 saturated heterocycles. The topological polar surface area (TPSA) is 69.9 Å². The normalized spacial score (nSPS) is 10.2. The molecule has 1 aromatic heterocycles. The molecule has 0 unspecified atom stereocenters. The molecule has 0 aliphatic carbocycles. The first-order chi connectivity index (χ1) is 5.57. The molecule has 66 valence electrons. The number of hydrogen-bond acceptors (Lipinski definition) is 3. The summed E-state index contributed by atoms with van der Waals surface area (Å²) in [6, 6.07) is 0. The molecule has 0 spiro atoms. The average Bonchev–Trinajstić information content (AvgIpc) is 2.25. The van der Waals surface area contributed by atoms with E-state index in [0.29, 0.717) is 16.4 Å². The van der Waals surface area contributed by atoms with Gasteiger partial charge in [-0.2, -0.15) is 5.10 Å². The van der Waals surface area contributed by atoms with Gasteiger partial charge in [0.15, 0.2) is 0 Å². The zero-order chi connectivity index (χ0) is 9.30. The minimum Gasteiger partial charge on any atom is -0.389 e. The summed E-state index contributed by atoms with van der Waals surface area (Å²) in [6.07, 6.45) is 0. The van der Waals surface area contributed by atoms with Crippen LogP contribution in [0.5, 0.6) is 0 Å². The molecule has 1 heterocycles. The van der Waals surface area contributed by atoms with Gasteiger partial charge in [-0.25, -0.2) is 4.68 Å². The molecule has 5 heteroatoms. The largest absolute Gasteiger partial charge is 0.389 e. The predicted molar refractivity (Wildman–Crippen MR) is 52.9 cm³/mol. The Kier molecular flexibility index (Phi) is 2.32. The van der Waals surface area contributed by atoms with Crippen LogP contribution >= 0.6 is 12.2 Å². The molecular formula is C7H12N4S. The Labute approximate surface area is 76.5 Å². The number of nitrogens with two attached hydrogens (primary N) is 2. The summed E-state index contributed by atoms with van der Waals surface area (Å²) in [5.41, 5.74) is 12.7. The molecule has 1 aromatic rings. The van der Waals surface area contributed by atoms with E-state index in [9.17, 15) is 0 Å². The number of aromatic nitrogens is 2. The van der Waals surface area contributed by atoms with Crippen LogP contribution in [0.4, 0.5) is 5.82 Å². The van der Waals surface area contributed by atoms with Crippen molar-refractivity contribution in [2.75, 3.05) is 5.73 Å². The van der Waals surface area contributed by atoms with Crippen molar-refractivity contribution < 1.29 is 0 Å². The van der Waals surface area contributed by atoms with Crippen LogP contribution in [-0.4, -0.2) is 14.8 Å². The fourth-order valence-electron chi connectivity index (χ4n) is 1.14. The van der Waals surface area contributed by atoms with Crippen LogP contribution in [0.3, 0.4) is 0 Å². The first-order valence-electron chi connectivity index (χ1n) is 3.70. The van der Waals surface area contributed by atoms with Gasteiger partial charge in [-0.3, -0.25) is 0 Å². The molecule has 0 radical (unpaired) electrons. The molecule has 4 nitrogen and oxygen atoms in total. The molecule has 0 bridgehead atoms. The Hall–Kier alpha value is -1.10. The lowest BCUT2D eigenvalue weighted by molar-refractivity contribution is 0.663. The number of hydrogen-bond donors (Lipinski definition) is 2. The highest BCUT2D eigenvalue weighted by atomic mass is 32.1. The quantitative estimate of drug-likeness (QED) is 0.654. The van der Waals surface area contributed by atoms with Crippen molar-refractivity contribution in [2.24, 2.45) is 5.73 Å². The van der Waals surface area contributed by atoms with E-state index >= 15 is 0 Å². The van der Waals surface area contributed by atoms with E-state index in [1.165, 1.54) is 0 Å². The van der Waals surface area contributed by atoms with E-state index in [0.717, 1.165) is 12.2 Å². The van der Waals surface area contributed by atoms with Crippen molar-refractivity contribution in [1.29, 1.82) is 0 Å². The molecule has 1 rings (SSSR count). The van der Waals surface area contributed by atoms with Crippen molar-refractivity contribution >= 4 is 23.0 Å². The molecule has 0 atom stereocenters. The highest BCUT2D eigenvalue weighted by Gasteiger charge is 2.12. The SMILES string of the molecule is CCn1nc(C)c(C(N)=S)c1N. The molecule has 0 amide bonds. The first-order valence-corrected chi connectivity index (χ1v) is 4.11. The maximum atomic E-state index is 5.75. The zero-order valence-electron chi connectivity index (χ0n) is 7.16. The number of thiocarbonyl (C=S) groups is 1. The Morgan fingerprint density at radius 3 is 2.50 bits per heavy atom. The third-order valence-electron chi connectivity index (χ3n) is 1.71. The van der Waals surface area contributed by atoms with E-state index < -0.39 is 0 Å². The van der Waals surface area contributed by atoms with Crippen LogP contribution in [0, 0.1) is 6.92 Å². The summed E-state index contributed by atoms with van der Waals surface area (Å²) >= 11 is 4.84. The van der Waals surface area contributed by atoms with Crippen molar-refractivity contribution in [3.63, 3.8) is 0 Å². The summed E-state index contributed by atoms with van der Waals surface area (Å²) < 4.78 is 1.68. The average molecular weight is 184 g/mol. The monoisotopic (exact) mass is 184 g/mol. The molecule has 0 fully saturated rings. The van der Waals surface area contributed by atoms with Crippen LogP contribution in [0.15, 0.2) is 0 Å². The summed E-state index contributed by atoms with van der Waals surface area (Å²) in [5, 5.41) is 4.17. The van der Waals surface area contributed by atoms with Gasteiger partial charge in [-0.05, 0) is 13.8 Å². The van der Waals surface area contributed by atoms with Gasteiger partial charge in [0.2, 0.25) is 0 Å². The number of anilines is 1. The van der Waals surface area contributed by atoms with Crippen LogP contribution in [0.2, 0.25) is 0 Å². The van der Waals surface area contributed by atoms with Gasteiger partial charge >= 0.3 is 0 Å². The van der Waals surface area contributed by atoms with Gasteiger partial charge in [0.1, 0.15) is 10.8 Å². The molecular weight excluding hydrogens is 172 g/mol. The standard InChI is InChI=1S/C7H12N4S/c1-3-11-6(8)5(7(9)12)4(2)10-11/h3,8H2,1-2H3,(H2,9,12). The van der Waals surface area contributed by atoms with Gasteiger partial charge in [0, 0.05) is 6.54 Å². The summed E-state index contributed by atoms with van der Waals surface area (Å²) in [5.74, 6) is 0.558.